The summed E-state index contributed by atoms with van der Waals surface area (Å²) in [6.45, 7) is 0. The van der Waals surface area contributed by atoms with Gasteiger partial charge in [0.25, 0.3) is 0 Å². The van der Waals surface area contributed by atoms with Gasteiger partial charge >= 0.3 is 0 Å². The molecule has 0 unspecified atom stereocenters. The van der Waals surface area contributed by atoms with Gasteiger partial charge in [0.2, 0.25) is 0 Å². The normalized spacial score (nSPS) is 35.6. The molecule has 4 atom stereocenters. The lowest BCUT2D eigenvalue weighted by atomic mass is 9.68. The molecule has 21 heavy (non-hydrogen) atoms. The number of pyridine rings is 1. The van der Waals surface area contributed by atoms with Gasteiger partial charge in [-0.15, -0.1) is 0 Å². The fourth-order valence-electron chi connectivity index (χ4n) is 4.69. The van der Waals surface area contributed by atoms with Crippen molar-refractivity contribution in [3.63, 3.8) is 0 Å². The van der Waals surface area contributed by atoms with Gasteiger partial charge in [0.15, 0.2) is 12.4 Å². The molecule has 2 fully saturated rings. The Balaban J connectivity index is 1.70. The number of ether oxygens (including phenoxy) is 1. The lowest BCUT2D eigenvalue weighted by molar-refractivity contribution is -0.672. The van der Waals surface area contributed by atoms with Crippen molar-refractivity contribution in [1.82, 2.24) is 0 Å². The van der Waals surface area contributed by atoms with Gasteiger partial charge in [0.1, 0.15) is 7.05 Å². The predicted octanol–water partition coefficient (Wildman–Crippen LogP) is 3.87. The minimum absolute atomic E-state index is 0.281. The highest BCUT2D eigenvalue weighted by molar-refractivity contribution is 5.25. The van der Waals surface area contributed by atoms with E-state index in [9.17, 15) is 0 Å². The standard InChI is InChI=1S/C19H26NO/c1-20-12-6-7-14(13-20)19-17-10-3-2-8-15(17)16-9-4-5-11-18(16)21-19/h6-8,12-13,16-19H,2-5,9-11H2,1H3/q+1/t16-,17-,18-,19-/m1/s1. The molecule has 0 amide bonds. The van der Waals surface area contributed by atoms with Crippen molar-refractivity contribution < 1.29 is 9.30 Å². The van der Waals surface area contributed by atoms with Gasteiger partial charge in [-0.3, -0.25) is 0 Å². The van der Waals surface area contributed by atoms with Crippen LogP contribution in [-0.2, 0) is 11.8 Å². The average Bonchev–Trinajstić information content (AvgIpc) is 2.54. The van der Waals surface area contributed by atoms with E-state index in [2.05, 4.69) is 42.2 Å². The summed E-state index contributed by atoms with van der Waals surface area (Å²) in [4.78, 5) is 0. The fraction of sp³-hybridized carbons (Fsp3) is 0.632. The van der Waals surface area contributed by atoms with Crippen molar-refractivity contribution in [2.24, 2.45) is 18.9 Å². The topological polar surface area (TPSA) is 13.1 Å². The number of hydrogen-bond donors (Lipinski definition) is 0. The van der Waals surface area contributed by atoms with Crippen molar-refractivity contribution in [2.75, 3.05) is 0 Å². The Labute approximate surface area is 127 Å². The van der Waals surface area contributed by atoms with Gasteiger partial charge in [-0.25, -0.2) is 4.57 Å². The summed E-state index contributed by atoms with van der Waals surface area (Å²) >= 11 is 0. The van der Waals surface area contributed by atoms with E-state index in [0.29, 0.717) is 12.0 Å². The Bertz CT molecular complexity index is 550. The van der Waals surface area contributed by atoms with Crippen LogP contribution in [0.3, 0.4) is 0 Å². The van der Waals surface area contributed by atoms with Gasteiger partial charge in [-0.2, -0.15) is 0 Å². The number of nitrogens with zero attached hydrogens (tertiary/aromatic N) is 1. The molecule has 2 aliphatic carbocycles. The fourth-order valence-corrected chi connectivity index (χ4v) is 4.69. The quantitative estimate of drug-likeness (QED) is 0.563. The van der Waals surface area contributed by atoms with E-state index in [-0.39, 0.29) is 6.10 Å². The van der Waals surface area contributed by atoms with Gasteiger partial charge in [0, 0.05) is 23.5 Å². The van der Waals surface area contributed by atoms with E-state index in [1.54, 1.807) is 5.57 Å². The lowest BCUT2D eigenvalue weighted by Gasteiger charge is -2.47. The Morgan fingerprint density at radius 2 is 1.95 bits per heavy atom. The van der Waals surface area contributed by atoms with Crippen LogP contribution >= 0.6 is 0 Å². The minimum atomic E-state index is 0.281. The van der Waals surface area contributed by atoms with E-state index in [0.717, 1.165) is 5.92 Å². The first kappa shape index (κ1) is 13.5. The van der Waals surface area contributed by atoms with Gasteiger partial charge in [-0.05, 0) is 38.2 Å². The number of allylic oxidation sites excluding steroid dienone is 1. The Morgan fingerprint density at radius 3 is 2.86 bits per heavy atom. The SMILES string of the molecule is C[n+]1cccc([C@H]2O[C@@H]3CCCC[C@@H]3C3=CCCC[C@H]32)c1. The van der Waals surface area contributed by atoms with Crippen LogP contribution in [0.1, 0.15) is 56.6 Å². The molecule has 1 saturated heterocycles. The van der Waals surface area contributed by atoms with Crippen LogP contribution in [0.15, 0.2) is 36.2 Å². The number of aromatic nitrogens is 1. The number of aryl methyl sites for hydroxylation is 1. The summed E-state index contributed by atoms with van der Waals surface area (Å²) in [6.07, 6.45) is 16.9. The van der Waals surface area contributed by atoms with E-state index < -0.39 is 0 Å². The molecule has 0 spiro atoms. The lowest BCUT2D eigenvalue weighted by Crippen LogP contribution is -2.42. The molecule has 4 rings (SSSR count). The largest absolute Gasteiger partial charge is 0.369 e. The van der Waals surface area contributed by atoms with Crippen LogP contribution in [0.4, 0.5) is 0 Å². The molecule has 1 aromatic heterocycles. The second-order valence-electron chi connectivity index (χ2n) is 7.03. The van der Waals surface area contributed by atoms with Crippen LogP contribution in [0.5, 0.6) is 0 Å². The number of hydrogen-bond acceptors (Lipinski definition) is 1. The van der Waals surface area contributed by atoms with Gasteiger partial charge < -0.3 is 4.74 Å². The monoisotopic (exact) mass is 284 g/mol. The zero-order chi connectivity index (χ0) is 14.2. The first-order valence-corrected chi connectivity index (χ1v) is 8.63. The molecule has 112 valence electrons. The summed E-state index contributed by atoms with van der Waals surface area (Å²) in [5.74, 6) is 1.35. The number of rotatable bonds is 1. The van der Waals surface area contributed by atoms with Crippen molar-refractivity contribution in [3.8, 4) is 0 Å². The first-order valence-electron chi connectivity index (χ1n) is 8.63. The summed E-state index contributed by atoms with van der Waals surface area (Å²) in [7, 11) is 2.10. The highest BCUT2D eigenvalue weighted by Crippen LogP contribution is 2.50. The number of fused-ring (bicyclic) bond motifs is 3. The van der Waals surface area contributed by atoms with E-state index in [1.165, 1.54) is 50.5 Å². The first-order chi connectivity index (χ1) is 10.3. The maximum Gasteiger partial charge on any atom is 0.174 e. The van der Waals surface area contributed by atoms with Crippen LogP contribution in [0.25, 0.3) is 0 Å². The average molecular weight is 284 g/mol. The molecule has 0 N–H and O–H groups in total. The smallest absolute Gasteiger partial charge is 0.174 e. The van der Waals surface area contributed by atoms with Gasteiger partial charge in [0.05, 0.1) is 12.2 Å². The molecule has 1 saturated carbocycles. The van der Waals surface area contributed by atoms with Crippen molar-refractivity contribution in [1.29, 1.82) is 0 Å². The Morgan fingerprint density at radius 1 is 1.10 bits per heavy atom. The molecular weight excluding hydrogens is 258 g/mol. The minimum Gasteiger partial charge on any atom is -0.369 e. The molecule has 2 heteroatoms. The zero-order valence-electron chi connectivity index (χ0n) is 13.0. The summed E-state index contributed by atoms with van der Waals surface area (Å²) in [5.41, 5.74) is 3.11. The van der Waals surface area contributed by atoms with Crippen LogP contribution < -0.4 is 4.57 Å². The molecule has 2 nitrogen and oxygen atoms in total. The third-order valence-corrected chi connectivity index (χ3v) is 5.64. The molecule has 1 aromatic rings. The van der Waals surface area contributed by atoms with Crippen molar-refractivity contribution in [2.45, 2.75) is 57.2 Å². The Hall–Kier alpha value is -1.15. The third kappa shape index (κ3) is 2.44. The summed E-state index contributed by atoms with van der Waals surface area (Å²) < 4.78 is 8.80. The van der Waals surface area contributed by atoms with Gasteiger partial charge in [-0.1, -0.05) is 24.5 Å². The molecule has 0 aromatic carbocycles. The van der Waals surface area contributed by atoms with Crippen LogP contribution in [0, 0.1) is 11.8 Å². The third-order valence-electron chi connectivity index (χ3n) is 5.64. The maximum atomic E-state index is 6.65. The van der Waals surface area contributed by atoms with Crippen molar-refractivity contribution in [3.05, 3.63) is 41.7 Å². The Kier molecular flexibility index (Phi) is 3.58. The maximum absolute atomic E-state index is 6.65. The second-order valence-corrected chi connectivity index (χ2v) is 7.03. The molecule has 3 aliphatic rings. The second kappa shape index (κ2) is 5.57. The van der Waals surface area contributed by atoms with Crippen LogP contribution in [-0.4, -0.2) is 6.10 Å². The molecular formula is C19H26NO+. The highest BCUT2D eigenvalue weighted by Gasteiger charge is 2.43. The predicted molar refractivity (Wildman–Crippen MR) is 82.6 cm³/mol. The molecule has 1 aliphatic heterocycles. The van der Waals surface area contributed by atoms with Crippen molar-refractivity contribution >= 4 is 0 Å². The van der Waals surface area contributed by atoms with E-state index in [4.69, 9.17) is 4.74 Å². The summed E-state index contributed by atoms with van der Waals surface area (Å²) in [6, 6.07) is 4.40. The highest BCUT2D eigenvalue weighted by atomic mass is 16.5. The molecule has 0 bridgehead atoms. The van der Waals surface area contributed by atoms with Crippen LogP contribution in [0.2, 0.25) is 0 Å². The zero-order valence-corrected chi connectivity index (χ0v) is 13.0. The molecule has 2 heterocycles. The molecule has 0 radical (unpaired) electrons. The van der Waals surface area contributed by atoms with E-state index >= 15 is 0 Å². The van der Waals surface area contributed by atoms with E-state index in [1.807, 2.05) is 0 Å². The summed E-state index contributed by atoms with van der Waals surface area (Å²) in [5, 5.41) is 0.